The summed E-state index contributed by atoms with van der Waals surface area (Å²) < 4.78 is 10.3. The zero-order chi connectivity index (χ0) is 9.56. The summed E-state index contributed by atoms with van der Waals surface area (Å²) in [5.74, 6) is 0. The highest BCUT2D eigenvalue weighted by molar-refractivity contribution is 6.44. The van der Waals surface area contributed by atoms with Crippen LogP contribution in [0.2, 0.25) is 6.04 Å². The third kappa shape index (κ3) is 5.67. The first-order valence-corrected chi connectivity index (χ1v) is 5.92. The van der Waals surface area contributed by atoms with Gasteiger partial charge >= 0.3 is 9.28 Å². The largest absolute Gasteiger partial charge is 0.400 e. The lowest BCUT2D eigenvalue weighted by atomic mass is 10.1. The number of nitrogens with two attached hydrogens (primary N) is 2. The van der Waals surface area contributed by atoms with Crippen molar-refractivity contribution < 1.29 is 8.85 Å². The predicted octanol–water partition coefficient (Wildman–Crippen LogP) is -0.436. The van der Waals surface area contributed by atoms with Crippen LogP contribution in [0.4, 0.5) is 0 Å². The van der Waals surface area contributed by atoms with E-state index in [0.717, 1.165) is 12.5 Å². The zero-order valence-electron chi connectivity index (χ0n) is 8.12. The van der Waals surface area contributed by atoms with Gasteiger partial charge in [-0.15, -0.1) is 0 Å². The molecule has 0 aliphatic carbocycles. The van der Waals surface area contributed by atoms with Gasteiger partial charge in [0.05, 0.1) is 0 Å². The van der Waals surface area contributed by atoms with E-state index < -0.39 is 9.28 Å². The maximum absolute atomic E-state index is 5.82. The van der Waals surface area contributed by atoms with Crippen molar-refractivity contribution in [3.8, 4) is 0 Å². The van der Waals surface area contributed by atoms with Crippen molar-refractivity contribution >= 4 is 9.28 Å². The SMILES string of the molecule is CO[SiH](CC(N)CC(C)N)OC. The minimum absolute atomic E-state index is 0.113. The summed E-state index contributed by atoms with van der Waals surface area (Å²) in [7, 11) is 1.84. The fourth-order valence-corrected chi connectivity index (χ4v) is 2.37. The van der Waals surface area contributed by atoms with Crippen molar-refractivity contribution in [1.29, 1.82) is 0 Å². The summed E-state index contributed by atoms with van der Waals surface area (Å²) in [5.41, 5.74) is 11.4. The first-order valence-electron chi connectivity index (χ1n) is 4.16. The molecule has 0 aromatic heterocycles. The molecule has 0 bridgehead atoms. The molecule has 0 spiro atoms. The van der Waals surface area contributed by atoms with E-state index in [2.05, 4.69) is 0 Å². The molecule has 0 rings (SSSR count). The third-order valence-corrected chi connectivity index (χ3v) is 3.74. The Morgan fingerprint density at radius 3 is 2.08 bits per heavy atom. The fourth-order valence-electron chi connectivity index (χ4n) is 1.11. The average Bonchev–Trinajstić information content (AvgIpc) is 1.98. The van der Waals surface area contributed by atoms with Crippen molar-refractivity contribution in [1.82, 2.24) is 0 Å². The summed E-state index contributed by atoms with van der Waals surface area (Å²) in [4.78, 5) is 0. The lowest BCUT2D eigenvalue weighted by Crippen LogP contribution is -2.35. The number of hydrogen-bond acceptors (Lipinski definition) is 4. The Hall–Kier alpha value is 0.0569. The summed E-state index contributed by atoms with van der Waals surface area (Å²) in [6.07, 6.45) is 0.830. The molecule has 0 radical (unpaired) electrons. The van der Waals surface area contributed by atoms with Crippen LogP contribution in [0, 0.1) is 0 Å². The molecule has 5 heteroatoms. The minimum atomic E-state index is -1.49. The highest BCUT2D eigenvalue weighted by Gasteiger charge is 2.15. The highest BCUT2D eigenvalue weighted by Crippen LogP contribution is 2.03. The molecule has 0 aliphatic heterocycles. The van der Waals surface area contributed by atoms with Gasteiger partial charge in [0.25, 0.3) is 0 Å². The molecule has 0 fully saturated rings. The Kier molecular flexibility index (Phi) is 6.59. The molecule has 0 amide bonds. The van der Waals surface area contributed by atoms with Crippen molar-refractivity contribution in [2.24, 2.45) is 11.5 Å². The summed E-state index contributed by atoms with van der Waals surface area (Å²) in [6.45, 7) is 1.95. The molecule has 4 N–H and O–H groups in total. The lowest BCUT2D eigenvalue weighted by molar-refractivity contribution is 0.273. The van der Waals surface area contributed by atoms with Crippen LogP contribution in [0.3, 0.4) is 0 Å². The Morgan fingerprint density at radius 1 is 1.25 bits per heavy atom. The van der Waals surface area contributed by atoms with E-state index >= 15 is 0 Å². The second-order valence-corrected chi connectivity index (χ2v) is 5.38. The Morgan fingerprint density at radius 2 is 1.75 bits per heavy atom. The monoisotopic (exact) mass is 192 g/mol. The average molecular weight is 192 g/mol. The standard InChI is InChI=1S/C7H20N2O2Si/c1-6(8)4-7(9)5-12(10-2)11-3/h6-7,12H,4-5,8-9H2,1-3H3. The Bertz CT molecular complexity index is 110. The first-order chi connectivity index (χ1) is 5.60. The van der Waals surface area contributed by atoms with Gasteiger partial charge in [0.1, 0.15) is 0 Å². The Labute approximate surface area is 76.1 Å². The molecule has 2 unspecified atom stereocenters. The third-order valence-electron chi connectivity index (χ3n) is 1.70. The molecule has 0 aromatic carbocycles. The van der Waals surface area contributed by atoms with Gasteiger partial charge in [0, 0.05) is 32.3 Å². The normalized spacial score (nSPS) is 16.5. The quantitative estimate of drug-likeness (QED) is 0.560. The van der Waals surface area contributed by atoms with E-state index in [-0.39, 0.29) is 12.1 Å². The molecule has 0 aromatic rings. The smallest absolute Gasteiger partial charge is 0.322 e. The van der Waals surface area contributed by atoms with Crippen molar-refractivity contribution in [3.05, 3.63) is 0 Å². The fraction of sp³-hybridized carbons (Fsp3) is 1.00. The second-order valence-electron chi connectivity index (χ2n) is 3.11. The van der Waals surface area contributed by atoms with E-state index in [9.17, 15) is 0 Å². The lowest BCUT2D eigenvalue weighted by Gasteiger charge is -2.17. The van der Waals surface area contributed by atoms with Crippen molar-refractivity contribution in [2.75, 3.05) is 14.2 Å². The molecule has 0 aliphatic rings. The van der Waals surface area contributed by atoms with Gasteiger partial charge in [0.15, 0.2) is 0 Å². The Balaban J connectivity index is 3.58. The minimum Gasteiger partial charge on any atom is -0.400 e. The molecule has 0 heterocycles. The van der Waals surface area contributed by atoms with Crippen LogP contribution < -0.4 is 11.5 Å². The highest BCUT2D eigenvalue weighted by atomic mass is 28.3. The van der Waals surface area contributed by atoms with Gasteiger partial charge < -0.3 is 20.3 Å². The molecule has 12 heavy (non-hydrogen) atoms. The zero-order valence-corrected chi connectivity index (χ0v) is 9.27. The van der Waals surface area contributed by atoms with E-state index in [1.807, 2.05) is 6.92 Å². The number of rotatable bonds is 6. The van der Waals surface area contributed by atoms with Crippen LogP contribution in [0.15, 0.2) is 0 Å². The van der Waals surface area contributed by atoms with Gasteiger partial charge in [-0.3, -0.25) is 0 Å². The van der Waals surface area contributed by atoms with Gasteiger partial charge in [-0.25, -0.2) is 0 Å². The number of hydrogen-bond donors (Lipinski definition) is 2. The van der Waals surface area contributed by atoms with Gasteiger partial charge in [-0.1, -0.05) is 0 Å². The maximum Gasteiger partial charge on any atom is 0.322 e. The summed E-state index contributed by atoms with van der Waals surface area (Å²) >= 11 is 0. The van der Waals surface area contributed by atoms with E-state index in [0.29, 0.717) is 0 Å². The topological polar surface area (TPSA) is 70.5 Å². The van der Waals surface area contributed by atoms with Crippen LogP contribution in [-0.4, -0.2) is 35.6 Å². The van der Waals surface area contributed by atoms with Crippen LogP contribution in [0.25, 0.3) is 0 Å². The van der Waals surface area contributed by atoms with Crippen LogP contribution in [-0.2, 0) is 8.85 Å². The molecular formula is C7H20N2O2Si. The molecule has 2 atom stereocenters. The molecule has 0 saturated carbocycles. The molecule has 0 saturated heterocycles. The van der Waals surface area contributed by atoms with E-state index in [1.165, 1.54) is 0 Å². The molecular weight excluding hydrogens is 172 g/mol. The van der Waals surface area contributed by atoms with Crippen LogP contribution >= 0.6 is 0 Å². The van der Waals surface area contributed by atoms with E-state index in [1.54, 1.807) is 14.2 Å². The van der Waals surface area contributed by atoms with Crippen LogP contribution in [0.1, 0.15) is 13.3 Å². The van der Waals surface area contributed by atoms with Gasteiger partial charge in [0.2, 0.25) is 0 Å². The summed E-state index contributed by atoms with van der Waals surface area (Å²) in [6, 6.07) is 1.10. The van der Waals surface area contributed by atoms with Crippen LogP contribution in [0.5, 0.6) is 0 Å². The van der Waals surface area contributed by atoms with Crippen molar-refractivity contribution in [2.45, 2.75) is 31.5 Å². The van der Waals surface area contributed by atoms with Crippen molar-refractivity contribution in [3.63, 3.8) is 0 Å². The van der Waals surface area contributed by atoms with E-state index in [4.69, 9.17) is 20.3 Å². The molecule has 74 valence electrons. The summed E-state index contributed by atoms with van der Waals surface area (Å²) in [5, 5.41) is 0. The molecule has 4 nitrogen and oxygen atoms in total. The van der Waals surface area contributed by atoms with Gasteiger partial charge in [-0.05, 0) is 13.3 Å². The predicted molar refractivity (Wildman–Crippen MR) is 52.2 cm³/mol. The maximum atomic E-state index is 5.82. The first kappa shape index (κ1) is 12.1. The van der Waals surface area contributed by atoms with Gasteiger partial charge in [-0.2, -0.15) is 0 Å². The second kappa shape index (κ2) is 6.56.